The maximum Gasteiger partial charge on any atom is 0.220 e. The number of hydrogen-bond acceptors (Lipinski definition) is 5. The normalized spacial score (nSPS) is 11.4. The quantitative estimate of drug-likeness (QED) is 0.297. The van der Waals surface area contributed by atoms with E-state index in [0.29, 0.717) is 17.2 Å². The van der Waals surface area contributed by atoms with Gasteiger partial charge in [-0.15, -0.1) is 11.8 Å². The molecule has 0 bridgehead atoms. The average Bonchev–Trinajstić information content (AvgIpc) is 2.46. The highest BCUT2D eigenvalue weighted by atomic mass is 32.2. The molecule has 6 heteroatoms. The van der Waals surface area contributed by atoms with E-state index < -0.39 is 0 Å². The number of oxime groups is 1. The summed E-state index contributed by atoms with van der Waals surface area (Å²) in [7, 11) is 0. The van der Waals surface area contributed by atoms with Crippen LogP contribution in [-0.2, 0) is 0 Å². The Kier molecular flexibility index (Phi) is 4.47. The van der Waals surface area contributed by atoms with Crippen LogP contribution in [0.2, 0.25) is 0 Å². The highest BCUT2D eigenvalue weighted by molar-refractivity contribution is 7.98. The second-order valence-corrected chi connectivity index (χ2v) is 4.98. The van der Waals surface area contributed by atoms with Crippen LogP contribution in [0.3, 0.4) is 0 Å². The predicted molar refractivity (Wildman–Crippen MR) is 79.8 cm³/mol. The molecule has 0 amide bonds. The summed E-state index contributed by atoms with van der Waals surface area (Å²) in [6.07, 6.45) is 2.02. The summed E-state index contributed by atoms with van der Waals surface area (Å²) in [4.78, 5) is 5.43. The van der Waals surface area contributed by atoms with E-state index in [2.05, 4.69) is 10.1 Å². The van der Waals surface area contributed by atoms with Crippen molar-refractivity contribution in [1.29, 1.82) is 0 Å². The molecule has 1 heterocycles. The fourth-order valence-corrected chi connectivity index (χ4v) is 2.07. The maximum absolute atomic E-state index is 8.72. The lowest BCUT2D eigenvalue weighted by Gasteiger charge is -2.08. The van der Waals surface area contributed by atoms with Gasteiger partial charge in [0.25, 0.3) is 0 Å². The zero-order chi connectivity index (χ0) is 14.5. The zero-order valence-corrected chi connectivity index (χ0v) is 12.0. The van der Waals surface area contributed by atoms with E-state index in [-0.39, 0.29) is 5.84 Å². The van der Waals surface area contributed by atoms with Gasteiger partial charge < -0.3 is 15.7 Å². The largest absolute Gasteiger partial charge is 0.439 e. The fourth-order valence-electron chi connectivity index (χ4n) is 1.66. The molecule has 1 aromatic carbocycles. The van der Waals surface area contributed by atoms with E-state index in [1.807, 2.05) is 37.4 Å². The Morgan fingerprint density at radius 3 is 2.60 bits per heavy atom. The Labute approximate surface area is 121 Å². The second kappa shape index (κ2) is 6.29. The number of ether oxygens (including phenoxy) is 1. The highest BCUT2D eigenvalue weighted by Gasteiger charge is 2.06. The highest BCUT2D eigenvalue weighted by Crippen LogP contribution is 2.24. The van der Waals surface area contributed by atoms with Crippen molar-refractivity contribution in [2.24, 2.45) is 10.9 Å². The molecule has 2 aromatic rings. The zero-order valence-electron chi connectivity index (χ0n) is 11.2. The molecule has 5 nitrogen and oxygen atoms in total. The molecule has 1 aromatic heterocycles. The third kappa shape index (κ3) is 3.42. The SMILES string of the molecule is CSc1ccc(Oc2cc(/C(N)=N/O)cc(C)n2)cc1. The molecular formula is C14H15N3O2S. The standard InChI is InChI=1S/C14H15N3O2S/c1-9-7-10(14(15)17-18)8-13(16-9)19-11-3-5-12(20-2)6-4-11/h3-8,18H,1-2H3,(H2,15,17). The Balaban J connectivity index is 2.26. The molecule has 3 N–H and O–H groups in total. The minimum absolute atomic E-state index is 0.0260. The van der Waals surface area contributed by atoms with E-state index in [4.69, 9.17) is 15.7 Å². The molecule has 0 aliphatic rings. The number of rotatable bonds is 4. The number of hydrogen-bond donors (Lipinski definition) is 2. The van der Waals surface area contributed by atoms with Gasteiger partial charge in [-0.2, -0.15) is 0 Å². The molecule has 0 aliphatic heterocycles. The molecule has 104 valence electrons. The van der Waals surface area contributed by atoms with Crippen molar-refractivity contribution >= 4 is 17.6 Å². The molecule has 0 aliphatic carbocycles. The third-order valence-electron chi connectivity index (χ3n) is 2.62. The first-order valence-electron chi connectivity index (χ1n) is 5.91. The number of aromatic nitrogens is 1. The molecule has 0 saturated carbocycles. The van der Waals surface area contributed by atoms with Gasteiger partial charge in [-0.3, -0.25) is 0 Å². The van der Waals surface area contributed by atoms with Crippen LogP contribution < -0.4 is 10.5 Å². The van der Waals surface area contributed by atoms with E-state index in [0.717, 1.165) is 10.6 Å². The van der Waals surface area contributed by atoms with E-state index in [9.17, 15) is 0 Å². The Morgan fingerprint density at radius 2 is 2.00 bits per heavy atom. The van der Waals surface area contributed by atoms with Gasteiger partial charge >= 0.3 is 0 Å². The predicted octanol–water partition coefficient (Wildman–Crippen LogP) is 3.00. The summed E-state index contributed by atoms with van der Waals surface area (Å²) >= 11 is 1.66. The summed E-state index contributed by atoms with van der Waals surface area (Å²) in [6, 6.07) is 11.0. The van der Waals surface area contributed by atoms with Crippen molar-refractivity contribution < 1.29 is 9.94 Å². The monoisotopic (exact) mass is 289 g/mol. The van der Waals surface area contributed by atoms with Crippen LogP contribution in [0.25, 0.3) is 0 Å². The van der Waals surface area contributed by atoms with Crippen LogP contribution in [0.4, 0.5) is 0 Å². The van der Waals surface area contributed by atoms with Crippen molar-refractivity contribution in [3.8, 4) is 11.6 Å². The van der Waals surface area contributed by atoms with Gasteiger partial charge in [0.05, 0.1) is 0 Å². The maximum atomic E-state index is 8.72. The first-order chi connectivity index (χ1) is 9.62. The van der Waals surface area contributed by atoms with Gasteiger partial charge in [-0.25, -0.2) is 4.98 Å². The first kappa shape index (κ1) is 14.2. The van der Waals surface area contributed by atoms with Crippen LogP contribution >= 0.6 is 11.8 Å². The number of nitrogens with two attached hydrogens (primary N) is 1. The number of nitrogens with zero attached hydrogens (tertiary/aromatic N) is 2. The smallest absolute Gasteiger partial charge is 0.220 e. The van der Waals surface area contributed by atoms with Crippen LogP contribution in [0.5, 0.6) is 11.6 Å². The molecule has 20 heavy (non-hydrogen) atoms. The minimum atomic E-state index is 0.0260. The average molecular weight is 289 g/mol. The van der Waals surface area contributed by atoms with Gasteiger partial charge in [0.15, 0.2) is 5.84 Å². The first-order valence-corrected chi connectivity index (χ1v) is 7.13. The summed E-state index contributed by atoms with van der Waals surface area (Å²) < 4.78 is 5.68. The molecular weight excluding hydrogens is 274 g/mol. The van der Waals surface area contributed by atoms with Crippen LogP contribution in [0.15, 0.2) is 46.4 Å². The molecule has 0 unspecified atom stereocenters. The second-order valence-electron chi connectivity index (χ2n) is 4.10. The van der Waals surface area contributed by atoms with Crippen LogP contribution in [0, 0.1) is 6.92 Å². The van der Waals surface area contributed by atoms with Crippen molar-refractivity contribution in [3.63, 3.8) is 0 Å². The lowest BCUT2D eigenvalue weighted by atomic mass is 10.2. The van der Waals surface area contributed by atoms with Crippen molar-refractivity contribution in [3.05, 3.63) is 47.7 Å². The number of aryl methyl sites for hydroxylation is 1. The summed E-state index contributed by atoms with van der Waals surface area (Å²) in [6.45, 7) is 1.82. The Morgan fingerprint density at radius 1 is 1.30 bits per heavy atom. The minimum Gasteiger partial charge on any atom is -0.439 e. The molecule has 0 saturated heterocycles. The van der Waals surface area contributed by atoms with Gasteiger partial charge in [-0.05, 0) is 43.5 Å². The van der Waals surface area contributed by atoms with Crippen LogP contribution in [-0.4, -0.2) is 22.3 Å². The van der Waals surface area contributed by atoms with Gasteiger partial charge in [0.2, 0.25) is 5.88 Å². The fraction of sp³-hybridized carbons (Fsp3) is 0.143. The Bertz CT molecular complexity index is 627. The van der Waals surface area contributed by atoms with Crippen molar-refractivity contribution in [2.45, 2.75) is 11.8 Å². The topological polar surface area (TPSA) is 80.7 Å². The van der Waals surface area contributed by atoms with Gasteiger partial charge in [0.1, 0.15) is 5.75 Å². The molecule has 0 radical (unpaired) electrons. The Hall–Kier alpha value is -2.21. The van der Waals surface area contributed by atoms with Crippen LogP contribution in [0.1, 0.15) is 11.3 Å². The molecule has 0 atom stereocenters. The number of benzene rings is 1. The van der Waals surface area contributed by atoms with E-state index in [1.165, 1.54) is 0 Å². The summed E-state index contributed by atoms with van der Waals surface area (Å²) in [5.41, 5.74) is 6.87. The third-order valence-corrected chi connectivity index (χ3v) is 3.36. The number of pyridine rings is 1. The molecule has 0 spiro atoms. The lowest BCUT2D eigenvalue weighted by molar-refractivity contribution is 0.318. The van der Waals surface area contributed by atoms with E-state index in [1.54, 1.807) is 23.9 Å². The number of thioether (sulfide) groups is 1. The van der Waals surface area contributed by atoms with Crippen molar-refractivity contribution in [2.75, 3.05) is 6.26 Å². The lowest BCUT2D eigenvalue weighted by Crippen LogP contribution is -2.13. The van der Waals surface area contributed by atoms with E-state index >= 15 is 0 Å². The van der Waals surface area contributed by atoms with Gasteiger partial charge in [-0.1, -0.05) is 5.16 Å². The van der Waals surface area contributed by atoms with Crippen molar-refractivity contribution in [1.82, 2.24) is 4.98 Å². The molecule has 0 fully saturated rings. The van der Waals surface area contributed by atoms with Gasteiger partial charge in [0, 0.05) is 22.2 Å². The number of amidine groups is 1. The molecule has 2 rings (SSSR count). The summed E-state index contributed by atoms with van der Waals surface area (Å²) in [5.74, 6) is 1.12. The summed E-state index contributed by atoms with van der Waals surface area (Å²) in [5, 5.41) is 11.7.